The zero-order valence-electron chi connectivity index (χ0n) is 10.0. The first kappa shape index (κ1) is 12.1. The molecule has 0 saturated carbocycles. The van der Waals surface area contributed by atoms with Gasteiger partial charge in [0.1, 0.15) is 5.69 Å². The molecule has 5 nitrogen and oxygen atoms in total. The van der Waals surface area contributed by atoms with Gasteiger partial charge in [-0.1, -0.05) is 12.1 Å². The van der Waals surface area contributed by atoms with E-state index in [1.807, 2.05) is 35.6 Å². The maximum atomic E-state index is 6.10. The number of rotatable bonds is 5. The van der Waals surface area contributed by atoms with Crippen molar-refractivity contribution < 1.29 is 0 Å². The molecule has 0 aliphatic rings. The lowest BCUT2D eigenvalue weighted by Crippen LogP contribution is -2.06. The van der Waals surface area contributed by atoms with Crippen LogP contribution in [0.4, 0.5) is 0 Å². The highest BCUT2D eigenvalue weighted by Gasteiger charge is 2.10. The maximum Gasteiger partial charge on any atom is 0.100 e. The minimum Gasteiger partial charge on any atom is -0.273 e. The number of alkyl halides is 1. The smallest absolute Gasteiger partial charge is 0.100 e. The molecule has 0 aliphatic carbocycles. The van der Waals surface area contributed by atoms with E-state index in [9.17, 15) is 0 Å². The van der Waals surface area contributed by atoms with E-state index in [4.69, 9.17) is 11.6 Å². The highest BCUT2D eigenvalue weighted by Crippen LogP contribution is 2.20. The molecule has 2 heterocycles. The second-order valence-corrected chi connectivity index (χ2v) is 4.51. The summed E-state index contributed by atoms with van der Waals surface area (Å²) in [6.07, 6.45) is 5.46. The van der Waals surface area contributed by atoms with E-state index in [0.717, 1.165) is 25.1 Å². The molecule has 0 aromatic carbocycles. The van der Waals surface area contributed by atoms with Crippen LogP contribution in [0.1, 0.15) is 30.1 Å². The first-order valence-corrected chi connectivity index (χ1v) is 6.15. The summed E-state index contributed by atoms with van der Waals surface area (Å²) in [4.78, 5) is 0. The van der Waals surface area contributed by atoms with Crippen molar-refractivity contribution in [2.24, 2.45) is 7.05 Å². The molecule has 6 heteroatoms. The molecule has 0 saturated heterocycles. The van der Waals surface area contributed by atoms with Crippen LogP contribution in [0.2, 0.25) is 0 Å². The van der Waals surface area contributed by atoms with Crippen LogP contribution in [0.15, 0.2) is 18.5 Å². The van der Waals surface area contributed by atoms with Gasteiger partial charge in [-0.3, -0.25) is 9.36 Å². The molecule has 0 bridgehead atoms. The molecule has 1 atom stereocenters. The molecule has 0 spiro atoms. The monoisotopic (exact) mass is 253 g/mol. The third-order valence-electron chi connectivity index (χ3n) is 2.76. The summed E-state index contributed by atoms with van der Waals surface area (Å²) < 4.78 is 3.70. The summed E-state index contributed by atoms with van der Waals surface area (Å²) in [6, 6.07) is 2.01. The molecule has 92 valence electrons. The van der Waals surface area contributed by atoms with Crippen molar-refractivity contribution in [2.45, 2.75) is 31.7 Å². The van der Waals surface area contributed by atoms with Crippen molar-refractivity contribution in [3.63, 3.8) is 0 Å². The number of hydrogen-bond donors (Lipinski definition) is 0. The molecule has 1 unspecified atom stereocenters. The van der Waals surface area contributed by atoms with Crippen LogP contribution in [-0.4, -0.2) is 24.8 Å². The Balaban J connectivity index is 1.96. The highest BCUT2D eigenvalue weighted by atomic mass is 35.5. The van der Waals surface area contributed by atoms with E-state index in [1.165, 1.54) is 5.69 Å². The second kappa shape index (κ2) is 5.31. The summed E-state index contributed by atoms with van der Waals surface area (Å²) in [5.41, 5.74) is 2.03. The van der Waals surface area contributed by atoms with Gasteiger partial charge in [-0.15, -0.1) is 16.7 Å². The fourth-order valence-corrected chi connectivity index (χ4v) is 1.75. The lowest BCUT2D eigenvalue weighted by atomic mass is 10.2. The zero-order valence-corrected chi connectivity index (χ0v) is 10.8. The quantitative estimate of drug-likeness (QED) is 0.766. The van der Waals surface area contributed by atoms with E-state index >= 15 is 0 Å². The number of halogens is 1. The Bertz CT molecular complexity index is 476. The van der Waals surface area contributed by atoms with Gasteiger partial charge >= 0.3 is 0 Å². The van der Waals surface area contributed by atoms with Gasteiger partial charge in [0.05, 0.1) is 5.38 Å². The Labute approximate surface area is 105 Å². The van der Waals surface area contributed by atoms with Gasteiger partial charge in [-0.2, -0.15) is 5.10 Å². The summed E-state index contributed by atoms with van der Waals surface area (Å²) in [5, 5.41) is 12.2. The van der Waals surface area contributed by atoms with Crippen molar-refractivity contribution in [2.75, 3.05) is 0 Å². The highest BCUT2D eigenvalue weighted by molar-refractivity contribution is 6.20. The molecule has 0 fully saturated rings. The molecule has 2 aromatic heterocycles. The molecular weight excluding hydrogens is 238 g/mol. The van der Waals surface area contributed by atoms with Crippen molar-refractivity contribution >= 4 is 11.6 Å². The third kappa shape index (κ3) is 2.85. The molecule has 17 heavy (non-hydrogen) atoms. The normalized spacial score (nSPS) is 12.9. The van der Waals surface area contributed by atoms with E-state index in [1.54, 1.807) is 6.20 Å². The molecule has 2 rings (SSSR count). The predicted molar refractivity (Wildman–Crippen MR) is 65.8 cm³/mol. The Hall–Kier alpha value is -1.36. The Morgan fingerprint density at radius 2 is 2.29 bits per heavy atom. The van der Waals surface area contributed by atoms with Gasteiger partial charge in [0.2, 0.25) is 0 Å². The molecular formula is C11H16ClN5. The SMILES string of the molecule is CCC(Cl)c1cn(CCc2ccnn2C)nn1. The van der Waals surface area contributed by atoms with Crippen LogP contribution in [-0.2, 0) is 20.0 Å². The number of aryl methyl sites for hydroxylation is 3. The zero-order chi connectivity index (χ0) is 12.3. The van der Waals surface area contributed by atoms with Gasteiger partial charge in [0.25, 0.3) is 0 Å². The van der Waals surface area contributed by atoms with E-state index < -0.39 is 0 Å². The van der Waals surface area contributed by atoms with Gasteiger partial charge in [-0.25, -0.2) is 0 Å². The summed E-state index contributed by atoms with van der Waals surface area (Å²) in [5.74, 6) is 0. The topological polar surface area (TPSA) is 48.5 Å². The maximum absolute atomic E-state index is 6.10. The fourth-order valence-electron chi connectivity index (χ4n) is 1.65. The summed E-state index contributed by atoms with van der Waals surface area (Å²) in [6.45, 7) is 2.83. The van der Waals surface area contributed by atoms with E-state index in [-0.39, 0.29) is 5.38 Å². The van der Waals surface area contributed by atoms with Crippen LogP contribution in [0.3, 0.4) is 0 Å². The first-order valence-electron chi connectivity index (χ1n) is 5.71. The Kier molecular flexibility index (Phi) is 3.78. The van der Waals surface area contributed by atoms with Crippen LogP contribution < -0.4 is 0 Å². The van der Waals surface area contributed by atoms with Crippen molar-refractivity contribution in [1.29, 1.82) is 0 Å². The largest absolute Gasteiger partial charge is 0.273 e. The van der Waals surface area contributed by atoms with Gasteiger partial charge in [0, 0.05) is 38.1 Å². The summed E-state index contributed by atoms with van der Waals surface area (Å²) in [7, 11) is 1.94. The molecule has 0 N–H and O–H groups in total. The summed E-state index contributed by atoms with van der Waals surface area (Å²) >= 11 is 6.10. The van der Waals surface area contributed by atoms with Crippen LogP contribution in [0.25, 0.3) is 0 Å². The Morgan fingerprint density at radius 1 is 1.47 bits per heavy atom. The van der Waals surface area contributed by atoms with Crippen molar-refractivity contribution in [3.8, 4) is 0 Å². The van der Waals surface area contributed by atoms with Gasteiger partial charge in [0.15, 0.2) is 0 Å². The molecule has 0 radical (unpaired) electrons. The number of nitrogens with zero attached hydrogens (tertiary/aromatic N) is 5. The van der Waals surface area contributed by atoms with Crippen molar-refractivity contribution in [1.82, 2.24) is 24.8 Å². The van der Waals surface area contributed by atoms with Crippen LogP contribution >= 0.6 is 11.6 Å². The van der Waals surface area contributed by atoms with E-state index in [2.05, 4.69) is 15.4 Å². The molecule has 0 amide bonds. The molecule has 2 aromatic rings. The lowest BCUT2D eigenvalue weighted by Gasteiger charge is -2.02. The average Bonchev–Trinajstić information content (AvgIpc) is 2.94. The lowest BCUT2D eigenvalue weighted by molar-refractivity contribution is 0.567. The minimum atomic E-state index is -0.0412. The number of aromatic nitrogens is 5. The molecule has 0 aliphatic heterocycles. The first-order chi connectivity index (χ1) is 8.20. The van der Waals surface area contributed by atoms with Crippen LogP contribution in [0.5, 0.6) is 0 Å². The van der Waals surface area contributed by atoms with Crippen LogP contribution in [0, 0.1) is 0 Å². The minimum absolute atomic E-state index is 0.0412. The van der Waals surface area contributed by atoms with Crippen molar-refractivity contribution in [3.05, 3.63) is 29.8 Å². The number of hydrogen-bond acceptors (Lipinski definition) is 3. The fraction of sp³-hybridized carbons (Fsp3) is 0.545. The van der Waals surface area contributed by atoms with E-state index in [0.29, 0.717) is 0 Å². The third-order valence-corrected chi connectivity index (χ3v) is 3.29. The van der Waals surface area contributed by atoms with Gasteiger partial charge in [-0.05, 0) is 12.5 Å². The predicted octanol–water partition coefficient (Wildman–Crippen LogP) is 1.94. The second-order valence-electron chi connectivity index (χ2n) is 3.98. The Morgan fingerprint density at radius 3 is 2.94 bits per heavy atom. The average molecular weight is 254 g/mol. The van der Waals surface area contributed by atoms with Gasteiger partial charge < -0.3 is 0 Å². The standard InChI is InChI=1S/C11H16ClN5/c1-3-10(12)11-8-17(15-14-11)7-5-9-4-6-13-16(9)2/h4,6,8,10H,3,5,7H2,1-2H3.